The first kappa shape index (κ1) is 27.0. The van der Waals surface area contributed by atoms with E-state index in [0.29, 0.717) is 23.9 Å². The van der Waals surface area contributed by atoms with Gasteiger partial charge >= 0.3 is 0 Å². The number of piperazine rings is 1. The molecule has 1 aliphatic heterocycles. The lowest BCUT2D eigenvalue weighted by Gasteiger charge is -2.35. The van der Waals surface area contributed by atoms with E-state index in [9.17, 15) is 5.11 Å². The summed E-state index contributed by atoms with van der Waals surface area (Å²) in [7, 11) is 4.96. The van der Waals surface area contributed by atoms with Gasteiger partial charge in [-0.05, 0) is 75.4 Å². The molecule has 2 aromatic carbocycles. The van der Waals surface area contributed by atoms with Gasteiger partial charge < -0.3 is 29.0 Å². The van der Waals surface area contributed by atoms with Crippen LogP contribution in [0.3, 0.4) is 0 Å². The third-order valence-electron chi connectivity index (χ3n) is 7.03. The molecule has 0 atom stereocenters. The standard InChI is InChI=1S/C28H42N2O5/c1-20-18-25(21(2)22(3)26(20)31)35-17-9-7-8-12-29-13-15-30(16-14-29)19-23-10-11-24(32-4)28(34-6)27(23)33-5/h10-11,18,31H,7-9,12-17,19H2,1-6H3. The van der Waals surface area contributed by atoms with E-state index in [1.165, 1.54) is 6.42 Å². The summed E-state index contributed by atoms with van der Waals surface area (Å²) >= 11 is 0. The number of aromatic hydroxyl groups is 1. The fourth-order valence-corrected chi connectivity index (χ4v) is 4.68. The maximum absolute atomic E-state index is 10.1. The predicted molar refractivity (Wildman–Crippen MR) is 139 cm³/mol. The summed E-state index contributed by atoms with van der Waals surface area (Å²) < 4.78 is 22.6. The summed E-state index contributed by atoms with van der Waals surface area (Å²) in [6, 6.07) is 5.95. The fraction of sp³-hybridized carbons (Fsp3) is 0.571. The minimum atomic E-state index is 0.373. The van der Waals surface area contributed by atoms with Crippen molar-refractivity contribution in [3.8, 4) is 28.7 Å². The molecule has 35 heavy (non-hydrogen) atoms. The highest BCUT2D eigenvalue weighted by atomic mass is 16.5. The number of unbranched alkanes of at least 4 members (excludes halogenated alkanes) is 2. The second kappa shape index (κ2) is 12.9. The van der Waals surface area contributed by atoms with Gasteiger partial charge in [0.15, 0.2) is 11.5 Å². The van der Waals surface area contributed by atoms with Crippen molar-refractivity contribution < 1.29 is 24.1 Å². The molecule has 1 heterocycles. The molecule has 3 rings (SSSR count). The smallest absolute Gasteiger partial charge is 0.203 e. The Bertz CT molecular complexity index is 971. The minimum absolute atomic E-state index is 0.373. The Kier molecular flexibility index (Phi) is 9.93. The van der Waals surface area contributed by atoms with Gasteiger partial charge in [0.05, 0.1) is 27.9 Å². The summed E-state index contributed by atoms with van der Waals surface area (Å²) in [5.41, 5.74) is 3.92. The third-order valence-corrected chi connectivity index (χ3v) is 7.03. The lowest BCUT2D eigenvalue weighted by Crippen LogP contribution is -2.46. The van der Waals surface area contributed by atoms with Crippen molar-refractivity contribution in [1.29, 1.82) is 0 Å². The SMILES string of the molecule is COc1ccc(CN2CCN(CCCCCOc3cc(C)c(O)c(C)c3C)CC2)c(OC)c1OC. The number of ether oxygens (including phenoxy) is 4. The molecule has 1 saturated heterocycles. The first-order chi connectivity index (χ1) is 16.9. The Morgan fingerprint density at radius 3 is 2.11 bits per heavy atom. The zero-order valence-electron chi connectivity index (χ0n) is 22.3. The molecule has 0 aliphatic carbocycles. The first-order valence-electron chi connectivity index (χ1n) is 12.5. The molecule has 0 amide bonds. The highest BCUT2D eigenvalue weighted by molar-refractivity contribution is 5.55. The number of benzene rings is 2. The largest absolute Gasteiger partial charge is 0.507 e. The molecule has 7 nitrogen and oxygen atoms in total. The normalized spacial score (nSPS) is 14.7. The summed E-state index contributed by atoms with van der Waals surface area (Å²) in [5.74, 6) is 3.36. The molecule has 0 spiro atoms. The molecule has 194 valence electrons. The van der Waals surface area contributed by atoms with E-state index in [1.54, 1.807) is 21.3 Å². The summed E-state index contributed by atoms with van der Waals surface area (Å²) in [5, 5.41) is 10.1. The van der Waals surface area contributed by atoms with Crippen molar-refractivity contribution in [3.05, 3.63) is 40.5 Å². The van der Waals surface area contributed by atoms with E-state index < -0.39 is 0 Å². The molecule has 2 aromatic rings. The molecular weight excluding hydrogens is 444 g/mol. The van der Waals surface area contributed by atoms with E-state index in [4.69, 9.17) is 18.9 Å². The Morgan fingerprint density at radius 1 is 0.771 bits per heavy atom. The highest BCUT2D eigenvalue weighted by Gasteiger charge is 2.21. The van der Waals surface area contributed by atoms with E-state index in [2.05, 4.69) is 15.9 Å². The Morgan fingerprint density at radius 2 is 1.46 bits per heavy atom. The maximum atomic E-state index is 10.1. The Labute approximate surface area is 210 Å². The van der Waals surface area contributed by atoms with E-state index in [1.807, 2.05) is 32.9 Å². The second-order valence-electron chi connectivity index (χ2n) is 9.31. The average molecular weight is 487 g/mol. The lowest BCUT2D eigenvalue weighted by atomic mass is 10.0. The van der Waals surface area contributed by atoms with Gasteiger partial charge in [0.25, 0.3) is 0 Å². The third kappa shape index (κ3) is 6.73. The topological polar surface area (TPSA) is 63.6 Å². The maximum Gasteiger partial charge on any atom is 0.203 e. The second-order valence-corrected chi connectivity index (χ2v) is 9.31. The van der Waals surface area contributed by atoms with E-state index in [-0.39, 0.29) is 0 Å². The Hall–Kier alpha value is -2.64. The number of phenols is 1. The van der Waals surface area contributed by atoms with Gasteiger partial charge in [-0.25, -0.2) is 0 Å². The van der Waals surface area contributed by atoms with E-state index in [0.717, 1.165) is 85.9 Å². The number of rotatable bonds is 12. The Balaban J connectivity index is 1.37. The molecule has 1 N–H and O–H groups in total. The molecule has 1 aliphatic rings. The van der Waals surface area contributed by atoms with Crippen LogP contribution < -0.4 is 18.9 Å². The fourth-order valence-electron chi connectivity index (χ4n) is 4.68. The van der Waals surface area contributed by atoms with Crippen molar-refractivity contribution >= 4 is 0 Å². The van der Waals surface area contributed by atoms with Crippen LogP contribution in [0.1, 0.15) is 41.5 Å². The summed E-state index contributed by atoms with van der Waals surface area (Å²) in [6.45, 7) is 12.8. The number of aryl methyl sites for hydroxylation is 1. The van der Waals surface area contributed by atoms with Crippen molar-refractivity contribution in [1.82, 2.24) is 9.80 Å². The summed E-state index contributed by atoms with van der Waals surface area (Å²) in [6.07, 6.45) is 3.37. The predicted octanol–water partition coefficient (Wildman–Crippen LogP) is 4.71. The molecule has 0 saturated carbocycles. The monoisotopic (exact) mass is 486 g/mol. The number of hydrogen-bond donors (Lipinski definition) is 1. The quantitative estimate of drug-likeness (QED) is 0.436. The zero-order chi connectivity index (χ0) is 25.4. The number of phenolic OH excluding ortho intramolecular Hbond substituents is 1. The molecular formula is C28H42N2O5. The van der Waals surface area contributed by atoms with Crippen molar-refractivity contribution in [2.24, 2.45) is 0 Å². The van der Waals surface area contributed by atoms with Crippen molar-refractivity contribution in [3.63, 3.8) is 0 Å². The number of nitrogens with zero attached hydrogens (tertiary/aromatic N) is 2. The number of methoxy groups -OCH3 is 3. The van der Waals surface area contributed by atoms with Gasteiger partial charge in [0, 0.05) is 38.3 Å². The minimum Gasteiger partial charge on any atom is -0.507 e. The lowest BCUT2D eigenvalue weighted by molar-refractivity contribution is 0.124. The van der Waals surface area contributed by atoms with Gasteiger partial charge in [-0.1, -0.05) is 6.07 Å². The first-order valence-corrected chi connectivity index (χ1v) is 12.5. The molecule has 0 radical (unpaired) electrons. The van der Waals surface area contributed by atoms with Crippen LogP contribution in [-0.2, 0) is 6.54 Å². The van der Waals surface area contributed by atoms with Gasteiger partial charge in [-0.15, -0.1) is 0 Å². The van der Waals surface area contributed by atoms with Gasteiger partial charge in [-0.2, -0.15) is 0 Å². The summed E-state index contributed by atoms with van der Waals surface area (Å²) in [4.78, 5) is 5.03. The van der Waals surface area contributed by atoms with Crippen molar-refractivity contribution in [2.75, 3.05) is 60.7 Å². The molecule has 0 unspecified atom stereocenters. The average Bonchev–Trinajstić information content (AvgIpc) is 2.88. The molecule has 0 bridgehead atoms. The van der Waals surface area contributed by atoms with Crippen LogP contribution in [0, 0.1) is 20.8 Å². The zero-order valence-corrected chi connectivity index (χ0v) is 22.3. The van der Waals surface area contributed by atoms with Crippen LogP contribution in [-0.4, -0.2) is 75.6 Å². The highest BCUT2D eigenvalue weighted by Crippen LogP contribution is 2.40. The van der Waals surface area contributed by atoms with E-state index >= 15 is 0 Å². The van der Waals surface area contributed by atoms with Gasteiger partial charge in [0.2, 0.25) is 5.75 Å². The van der Waals surface area contributed by atoms with Crippen LogP contribution in [0.5, 0.6) is 28.7 Å². The van der Waals surface area contributed by atoms with Crippen LogP contribution in [0.4, 0.5) is 0 Å². The molecule has 7 heteroatoms. The van der Waals surface area contributed by atoms with Crippen LogP contribution in [0.2, 0.25) is 0 Å². The number of hydrogen-bond acceptors (Lipinski definition) is 7. The molecule has 1 fully saturated rings. The van der Waals surface area contributed by atoms with Crippen LogP contribution in [0.15, 0.2) is 18.2 Å². The van der Waals surface area contributed by atoms with Crippen molar-refractivity contribution in [2.45, 2.75) is 46.6 Å². The van der Waals surface area contributed by atoms with Gasteiger partial charge in [0.1, 0.15) is 11.5 Å². The molecule has 0 aromatic heterocycles. The van der Waals surface area contributed by atoms with Gasteiger partial charge in [-0.3, -0.25) is 4.90 Å². The van der Waals surface area contributed by atoms with Crippen LogP contribution in [0.25, 0.3) is 0 Å². The van der Waals surface area contributed by atoms with Crippen LogP contribution >= 0.6 is 0 Å².